The lowest BCUT2D eigenvalue weighted by atomic mass is 9.95. The number of carbonyl (C=O) groups is 2. The number of methoxy groups -OCH3 is 1. The molecule has 1 aromatic heterocycles. The molecule has 1 aromatic rings. The topological polar surface area (TPSA) is 85.7 Å². The molecule has 0 saturated carbocycles. The normalized spacial score (nSPS) is 23.1. The fourth-order valence-corrected chi connectivity index (χ4v) is 4.01. The van der Waals surface area contributed by atoms with Crippen LogP contribution in [-0.2, 0) is 34.9 Å². The Morgan fingerprint density at radius 2 is 2.03 bits per heavy atom. The van der Waals surface area contributed by atoms with Gasteiger partial charge in [-0.15, -0.1) is 0 Å². The highest BCUT2D eigenvalue weighted by Gasteiger charge is 2.45. The predicted octanol–water partition coefficient (Wildman–Crippen LogP) is 3.42. The Morgan fingerprint density at radius 1 is 1.33 bits per heavy atom. The maximum Gasteiger partial charge on any atom is 0.410 e. The van der Waals surface area contributed by atoms with Gasteiger partial charge in [-0.1, -0.05) is 0 Å². The van der Waals surface area contributed by atoms with Crippen LogP contribution in [0.2, 0.25) is 0 Å². The minimum absolute atomic E-state index is 0.0431. The summed E-state index contributed by atoms with van der Waals surface area (Å²) < 4.78 is 41.6. The Kier molecular flexibility index (Phi) is 5.97. The number of carbonyl (C=O) groups excluding carboxylic acids is 2. The third-order valence-corrected chi connectivity index (χ3v) is 5.48. The zero-order valence-corrected chi connectivity index (χ0v) is 18.1. The zero-order valence-electron chi connectivity index (χ0n) is 18.1. The van der Waals surface area contributed by atoms with E-state index in [2.05, 4.69) is 15.2 Å². The van der Waals surface area contributed by atoms with Gasteiger partial charge in [0.15, 0.2) is 0 Å². The predicted molar refractivity (Wildman–Crippen MR) is 104 cm³/mol. The van der Waals surface area contributed by atoms with Crippen LogP contribution >= 0.6 is 0 Å². The van der Waals surface area contributed by atoms with Crippen LogP contribution in [0.15, 0.2) is 0 Å². The molecule has 0 aliphatic carbocycles. The van der Waals surface area contributed by atoms with E-state index in [0.717, 1.165) is 0 Å². The number of aromatic nitrogens is 2. The molecule has 8 nitrogen and oxygen atoms in total. The zero-order chi connectivity index (χ0) is 22.3. The minimum atomic E-state index is -3.07. The van der Waals surface area contributed by atoms with Crippen LogP contribution in [0.3, 0.4) is 0 Å². The fourth-order valence-electron chi connectivity index (χ4n) is 4.01. The molecular formula is C20H30F2N4O4. The van der Waals surface area contributed by atoms with Gasteiger partial charge < -0.3 is 19.7 Å². The fraction of sp³-hybridized carbons (Fsp3) is 0.750. The van der Waals surface area contributed by atoms with E-state index >= 15 is 8.78 Å². The second kappa shape index (κ2) is 8.03. The van der Waals surface area contributed by atoms with Crippen molar-refractivity contribution in [1.29, 1.82) is 0 Å². The molecule has 0 saturated heterocycles. The van der Waals surface area contributed by atoms with Gasteiger partial charge in [-0.25, -0.2) is 9.59 Å². The van der Waals surface area contributed by atoms with Crippen LogP contribution < -0.4 is 5.32 Å². The molecule has 3 heterocycles. The van der Waals surface area contributed by atoms with Crippen molar-refractivity contribution >= 4 is 12.2 Å². The second-order valence-electron chi connectivity index (χ2n) is 9.10. The van der Waals surface area contributed by atoms with E-state index in [4.69, 9.17) is 4.74 Å². The van der Waals surface area contributed by atoms with Gasteiger partial charge in [0.2, 0.25) is 0 Å². The molecule has 0 bridgehead atoms. The summed E-state index contributed by atoms with van der Waals surface area (Å²) >= 11 is 0. The SMILES string of the molecule is COC(=O)NC[C@H]1CCC(F)(F)c2c3c(nn2C1)C[C@@H](C)N(C(=O)OC(C)(C)C)C3. The van der Waals surface area contributed by atoms with Crippen LogP contribution in [0.1, 0.15) is 57.5 Å². The molecular weight excluding hydrogens is 398 g/mol. The molecule has 0 spiro atoms. The molecule has 0 unspecified atom stereocenters. The van der Waals surface area contributed by atoms with Crippen molar-refractivity contribution in [2.75, 3.05) is 13.7 Å². The number of hydrogen-bond donors (Lipinski definition) is 1. The third-order valence-electron chi connectivity index (χ3n) is 5.48. The molecule has 0 fully saturated rings. The molecule has 3 rings (SSSR count). The number of nitrogens with zero attached hydrogens (tertiary/aromatic N) is 3. The van der Waals surface area contributed by atoms with Gasteiger partial charge in [0.1, 0.15) is 11.3 Å². The van der Waals surface area contributed by atoms with Crippen LogP contribution in [0, 0.1) is 5.92 Å². The molecule has 2 aliphatic heterocycles. The Bertz CT molecular complexity index is 818. The molecule has 0 aromatic carbocycles. The van der Waals surface area contributed by atoms with Gasteiger partial charge in [-0.2, -0.15) is 13.9 Å². The Labute approximate surface area is 174 Å². The molecule has 30 heavy (non-hydrogen) atoms. The van der Waals surface area contributed by atoms with Crippen molar-refractivity contribution in [3.63, 3.8) is 0 Å². The summed E-state index contributed by atoms with van der Waals surface area (Å²) in [5.74, 6) is -3.27. The van der Waals surface area contributed by atoms with Crippen molar-refractivity contribution in [3.8, 4) is 0 Å². The van der Waals surface area contributed by atoms with Crippen molar-refractivity contribution in [1.82, 2.24) is 20.0 Å². The van der Waals surface area contributed by atoms with Crippen LogP contribution in [0.25, 0.3) is 0 Å². The number of fused-ring (bicyclic) bond motifs is 3. The lowest BCUT2D eigenvalue weighted by Crippen LogP contribution is -2.45. The Balaban J connectivity index is 1.87. The van der Waals surface area contributed by atoms with Crippen LogP contribution in [0.4, 0.5) is 18.4 Å². The van der Waals surface area contributed by atoms with Gasteiger partial charge in [0.25, 0.3) is 5.92 Å². The van der Waals surface area contributed by atoms with Crippen LogP contribution in [-0.4, -0.2) is 52.2 Å². The Morgan fingerprint density at radius 3 is 2.67 bits per heavy atom. The summed E-state index contributed by atoms with van der Waals surface area (Å²) in [7, 11) is 1.26. The van der Waals surface area contributed by atoms with Gasteiger partial charge >= 0.3 is 12.2 Å². The van der Waals surface area contributed by atoms with Crippen LogP contribution in [0.5, 0.6) is 0 Å². The molecule has 2 atom stereocenters. The minimum Gasteiger partial charge on any atom is -0.453 e. The number of ether oxygens (including phenoxy) is 2. The first-order valence-corrected chi connectivity index (χ1v) is 10.2. The van der Waals surface area contributed by atoms with E-state index in [0.29, 0.717) is 17.7 Å². The van der Waals surface area contributed by atoms with E-state index < -0.39 is 23.7 Å². The monoisotopic (exact) mass is 428 g/mol. The van der Waals surface area contributed by atoms with Gasteiger partial charge in [0.05, 0.1) is 19.3 Å². The number of alkyl carbamates (subject to hydrolysis) is 1. The number of nitrogens with one attached hydrogen (secondary N) is 1. The smallest absolute Gasteiger partial charge is 0.410 e. The highest BCUT2D eigenvalue weighted by atomic mass is 19.3. The van der Waals surface area contributed by atoms with Gasteiger partial charge in [-0.3, -0.25) is 4.68 Å². The van der Waals surface area contributed by atoms with E-state index in [9.17, 15) is 9.59 Å². The molecule has 10 heteroatoms. The maximum atomic E-state index is 15.1. The summed E-state index contributed by atoms with van der Waals surface area (Å²) in [4.78, 5) is 25.5. The number of rotatable bonds is 2. The highest BCUT2D eigenvalue weighted by molar-refractivity contribution is 5.69. The highest BCUT2D eigenvalue weighted by Crippen LogP contribution is 2.42. The quantitative estimate of drug-likeness (QED) is 0.780. The first-order chi connectivity index (χ1) is 13.9. The average Bonchev–Trinajstić information content (AvgIpc) is 2.92. The van der Waals surface area contributed by atoms with Crippen molar-refractivity contribution in [2.24, 2.45) is 5.92 Å². The van der Waals surface area contributed by atoms with Crippen molar-refractivity contribution < 1.29 is 27.8 Å². The lowest BCUT2D eigenvalue weighted by Gasteiger charge is -2.35. The summed E-state index contributed by atoms with van der Waals surface area (Å²) in [6, 6.07) is -0.211. The number of halogens is 2. The summed E-state index contributed by atoms with van der Waals surface area (Å²) in [6.45, 7) is 7.71. The van der Waals surface area contributed by atoms with Gasteiger partial charge in [-0.05, 0) is 40.0 Å². The van der Waals surface area contributed by atoms with Crippen molar-refractivity contribution in [3.05, 3.63) is 17.0 Å². The number of hydrogen-bond acceptors (Lipinski definition) is 5. The number of amides is 2. The second-order valence-corrected chi connectivity index (χ2v) is 9.10. The molecule has 0 radical (unpaired) electrons. The summed E-state index contributed by atoms with van der Waals surface area (Å²) in [5.41, 5.74) is 0.208. The lowest BCUT2D eigenvalue weighted by molar-refractivity contribution is -0.0230. The summed E-state index contributed by atoms with van der Waals surface area (Å²) in [6.07, 6.45) is -0.831. The first kappa shape index (κ1) is 22.3. The largest absolute Gasteiger partial charge is 0.453 e. The molecule has 2 amide bonds. The Hall–Kier alpha value is -2.39. The van der Waals surface area contributed by atoms with E-state index in [-0.39, 0.29) is 50.1 Å². The van der Waals surface area contributed by atoms with E-state index in [1.165, 1.54) is 16.7 Å². The third kappa shape index (κ3) is 4.67. The number of alkyl halides is 2. The molecule has 1 N–H and O–H groups in total. The average molecular weight is 428 g/mol. The van der Waals surface area contributed by atoms with Gasteiger partial charge in [0, 0.05) is 37.5 Å². The maximum absolute atomic E-state index is 15.1. The standard InChI is InChI=1S/C20H30F2N4O4/c1-12-8-15-14(11-25(12)18(28)30-19(2,3)4)16-20(21,22)7-6-13(10-26(16)24-15)9-23-17(27)29-5/h12-13H,6-11H2,1-5H3,(H,23,27)/t12-,13-/m1/s1. The molecule has 2 aliphatic rings. The van der Waals surface area contributed by atoms with E-state index in [1.54, 1.807) is 20.8 Å². The molecule has 168 valence electrons. The summed E-state index contributed by atoms with van der Waals surface area (Å²) in [5, 5.41) is 7.06. The van der Waals surface area contributed by atoms with E-state index in [1.807, 2.05) is 6.92 Å². The first-order valence-electron chi connectivity index (χ1n) is 10.2. The van der Waals surface area contributed by atoms with Crippen molar-refractivity contribution in [2.45, 2.75) is 77.6 Å².